The lowest BCUT2D eigenvalue weighted by molar-refractivity contribution is 0.415. The Morgan fingerprint density at radius 1 is 1.50 bits per heavy atom. The van der Waals surface area contributed by atoms with Gasteiger partial charge in [-0.1, -0.05) is 24.4 Å². The van der Waals surface area contributed by atoms with Crippen molar-refractivity contribution in [1.29, 1.82) is 0 Å². The van der Waals surface area contributed by atoms with Gasteiger partial charge >= 0.3 is 0 Å². The van der Waals surface area contributed by atoms with Gasteiger partial charge in [0.1, 0.15) is 5.75 Å². The van der Waals surface area contributed by atoms with Crippen molar-refractivity contribution in [1.82, 2.24) is 0 Å². The van der Waals surface area contributed by atoms with E-state index in [1.807, 2.05) is 6.07 Å². The minimum absolute atomic E-state index is 0. The SMILES string of the molecule is COc1ccc(NC(N)=NCCCC2CC2)cc1Cl.I. The highest BCUT2D eigenvalue weighted by Crippen LogP contribution is 2.33. The molecule has 0 amide bonds. The topological polar surface area (TPSA) is 59.6 Å². The highest BCUT2D eigenvalue weighted by Gasteiger charge is 2.19. The van der Waals surface area contributed by atoms with E-state index in [2.05, 4.69) is 10.3 Å². The Hall–Kier alpha value is -0.690. The fourth-order valence-corrected chi connectivity index (χ4v) is 2.18. The minimum Gasteiger partial charge on any atom is -0.495 e. The van der Waals surface area contributed by atoms with Gasteiger partial charge in [0.2, 0.25) is 0 Å². The van der Waals surface area contributed by atoms with Gasteiger partial charge in [0.05, 0.1) is 12.1 Å². The lowest BCUT2D eigenvalue weighted by atomic mass is 10.2. The number of methoxy groups -OCH3 is 1. The van der Waals surface area contributed by atoms with Crippen LogP contribution in [0, 0.1) is 5.92 Å². The number of hydrogen-bond acceptors (Lipinski definition) is 2. The maximum absolute atomic E-state index is 6.04. The van der Waals surface area contributed by atoms with Crippen molar-refractivity contribution in [3.8, 4) is 5.75 Å². The van der Waals surface area contributed by atoms with Crippen LogP contribution in [0.5, 0.6) is 5.75 Å². The van der Waals surface area contributed by atoms with E-state index >= 15 is 0 Å². The van der Waals surface area contributed by atoms with E-state index in [0.29, 0.717) is 16.7 Å². The average Bonchev–Trinajstić information content (AvgIpc) is 3.19. The summed E-state index contributed by atoms with van der Waals surface area (Å²) in [6.45, 7) is 0.777. The first-order valence-electron chi connectivity index (χ1n) is 6.59. The molecule has 0 heterocycles. The van der Waals surface area contributed by atoms with Crippen LogP contribution < -0.4 is 15.8 Å². The Balaban J connectivity index is 0.00000200. The van der Waals surface area contributed by atoms with E-state index in [-0.39, 0.29) is 24.0 Å². The summed E-state index contributed by atoms with van der Waals surface area (Å²) in [5.74, 6) is 2.02. The summed E-state index contributed by atoms with van der Waals surface area (Å²) in [4.78, 5) is 4.30. The van der Waals surface area contributed by atoms with Crippen LogP contribution >= 0.6 is 35.6 Å². The van der Waals surface area contributed by atoms with Crippen LogP contribution in [0.15, 0.2) is 23.2 Å². The number of hydrogen-bond donors (Lipinski definition) is 2. The van der Waals surface area contributed by atoms with E-state index in [1.165, 1.54) is 19.3 Å². The molecule has 1 aliphatic rings. The Kier molecular flexibility index (Phi) is 7.43. The van der Waals surface area contributed by atoms with Crippen molar-refractivity contribution in [3.63, 3.8) is 0 Å². The predicted molar refractivity (Wildman–Crippen MR) is 95.5 cm³/mol. The third-order valence-corrected chi connectivity index (χ3v) is 3.47. The highest BCUT2D eigenvalue weighted by molar-refractivity contribution is 14.0. The van der Waals surface area contributed by atoms with Crippen LogP contribution in [-0.2, 0) is 0 Å². The molecule has 0 radical (unpaired) electrons. The van der Waals surface area contributed by atoms with Gasteiger partial charge in [0.15, 0.2) is 5.96 Å². The maximum atomic E-state index is 6.04. The zero-order valence-corrected chi connectivity index (χ0v) is 14.7. The van der Waals surface area contributed by atoms with Gasteiger partial charge in [-0.2, -0.15) is 0 Å². The molecule has 1 aromatic carbocycles. The number of rotatable bonds is 6. The Morgan fingerprint density at radius 3 is 2.85 bits per heavy atom. The van der Waals surface area contributed by atoms with Crippen LogP contribution in [-0.4, -0.2) is 19.6 Å². The molecule has 4 nitrogen and oxygen atoms in total. The Bertz CT molecular complexity index is 464. The van der Waals surface area contributed by atoms with E-state index in [4.69, 9.17) is 22.1 Å². The first kappa shape index (κ1) is 17.4. The molecule has 1 fully saturated rings. The van der Waals surface area contributed by atoms with E-state index in [1.54, 1.807) is 19.2 Å². The van der Waals surface area contributed by atoms with Gasteiger partial charge < -0.3 is 15.8 Å². The van der Waals surface area contributed by atoms with Crippen LogP contribution in [0.3, 0.4) is 0 Å². The van der Waals surface area contributed by atoms with Crippen LogP contribution in [0.1, 0.15) is 25.7 Å². The van der Waals surface area contributed by atoms with Crippen molar-refractivity contribution >= 4 is 47.2 Å². The number of nitrogens with zero attached hydrogens (tertiary/aromatic N) is 1. The third kappa shape index (κ3) is 5.75. The first-order chi connectivity index (χ1) is 9.19. The summed E-state index contributed by atoms with van der Waals surface area (Å²) in [5, 5.41) is 3.58. The molecular formula is C14H21ClIN3O. The molecule has 0 bridgehead atoms. The Morgan fingerprint density at radius 2 is 2.25 bits per heavy atom. The quantitative estimate of drug-likeness (QED) is 0.324. The fourth-order valence-electron chi connectivity index (χ4n) is 1.92. The second-order valence-electron chi connectivity index (χ2n) is 4.83. The summed E-state index contributed by atoms with van der Waals surface area (Å²) >= 11 is 6.04. The largest absolute Gasteiger partial charge is 0.495 e. The van der Waals surface area contributed by atoms with Gasteiger partial charge in [-0.25, -0.2) is 0 Å². The minimum atomic E-state index is 0. The smallest absolute Gasteiger partial charge is 0.193 e. The molecule has 1 aromatic rings. The van der Waals surface area contributed by atoms with Crippen molar-refractivity contribution in [2.75, 3.05) is 19.0 Å². The molecule has 6 heteroatoms. The number of ether oxygens (including phenoxy) is 1. The normalized spacial score (nSPS) is 14.6. The fraction of sp³-hybridized carbons (Fsp3) is 0.500. The molecule has 0 spiro atoms. The van der Waals surface area contributed by atoms with Crippen LogP contribution in [0.25, 0.3) is 0 Å². The number of aliphatic imine (C=N–C) groups is 1. The summed E-state index contributed by atoms with van der Waals surface area (Å²) in [6, 6.07) is 5.43. The highest BCUT2D eigenvalue weighted by atomic mass is 127. The average molecular weight is 410 g/mol. The zero-order valence-electron chi connectivity index (χ0n) is 11.6. The zero-order chi connectivity index (χ0) is 13.7. The lowest BCUT2D eigenvalue weighted by Gasteiger charge is -2.08. The summed E-state index contributed by atoms with van der Waals surface area (Å²) in [7, 11) is 1.59. The molecule has 20 heavy (non-hydrogen) atoms. The molecule has 0 aromatic heterocycles. The van der Waals surface area contributed by atoms with E-state index in [9.17, 15) is 0 Å². The molecular weight excluding hydrogens is 389 g/mol. The van der Waals surface area contributed by atoms with Crippen molar-refractivity contribution in [2.24, 2.45) is 16.6 Å². The van der Waals surface area contributed by atoms with E-state index in [0.717, 1.165) is 24.6 Å². The number of guanidine groups is 1. The molecule has 0 saturated heterocycles. The second kappa shape index (κ2) is 8.56. The molecule has 112 valence electrons. The van der Waals surface area contributed by atoms with Crippen LogP contribution in [0.2, 0.25) is 5.02 Å². The summed E-state index contributed by atoms with van der Waals surface area (Å²) in [6.07, 6.45) is 5.16. The van der Waals surface area contributed by atoms with Crippen molar-refractivity contribution in [3.05, 3.63) is 23.2 Å². The molecule has 3 N–H and O–H groups in total. The van der Waals surface area contributed by atoms with Crippen molar-refractivity contribution < 1.29 is 4.74 Å². The summed E-state index contributed by atoms with van der Waals surface area (Å²) in [5.41, 5.74) is 6.64. The van der Waals surface area contributed by atoms with Gasteiger partial charge in [-0.3, -0.25) is 4.99 Å². The number of benzene rings is 1. The second-order valence-corrected chi connectivity index (χ2v) is 5.23. The van der Waals surface area contributed by atoms with E-state index < -0.39 is 0 Å². The molecule has 0 atom stereocenters. The molecule has 0 unspecified atom stereocenters. The monoisotopic (exact) mass is 409 g/mol. The maximum Gasteiger partial charge on any atom is 0.193 e. The number of anilines is 1. The summed E-state index contributed by atoms with van der Waals surface area (Å²) < 4.78 is 5.09. The van der Waals surface area contributed by atoms with Gasteiger partial charge in [-0.15, -0.1) is 24.0 Å². The third-order valence-electron chi connectivity index (χ3n) is 3.17. The predicted octanol–water partition coefficient (Wildman–Crippen LogP) is 3.88. The molecule has 0 aliphatic heterocycles. The first-order valence-corrected chi connectivity index (χ1v) is 6.97. The lowest BCUT2D eigenvalue weighted by Crippen LogP contribution is -2.22. The van der Waals surface area contributed by atoms with Gasteiger partial charge in [-0.05, 0) is 37.0 Å². The number of halogens is 2. The Labute approximate surface area is 142 Å². The molecule has 2 rings (SSSR count). The number of nitrogens with two attached hydrogens (primary N) is 1. The molecule has 1 aliphatic carbocycles. The van der Waals surface area contributed by atoms with Gasteiger partial charge in [0, 0.05) is 12.2 Å². The van der Waals surface area contributed by atoms with Crippen LogP contribution in [0.4, 0.5) is 5.69 Å². The number of nitrogens with one attached hydrogen (secondary N) is 1. The molecule has 1 saturated carbocycles. The standard InChI is InChI=1S/C14H20ClN3O.HI/c1-19-13-7-6-11(9-12(13)15)18-14(16)17-8-2-3-10-4-5-10;/h6-7,9-10H,2-5,8H2,1H3,(H3,16,17,18);1H. The van der Waals surface area contributed by atoms with Gasteiger partial charge in [0.25, 0.3) is 0 Å². The van der Waals surface area contributed by atoms with Crippen molar-refractivity contribution in [2.45, 2.75) is 25.7 Å².